The fraction of sp³-hybridized carbons (Fsp3) is 0.929. The van der Waals surface area contributed by atoms with Crippen molar-refractivity contribution in [3.8, 4) is 0 Å². The number of nitrogens with zero attached hydrogens (tertiary/aromatic N) is 1. The van der Waals surface area contributed by atoms with Crippen molar-refractivity contribution in [3.63, 3.8) is 0 Å². The van der Waals surface area contributed by atoms with E-state index in [1.165, 1.54) is 0 Å². The Morgan fingerprint density at radius 1 is 1.29 bits per heavy atom. The van der Waals surface area contributed by atoms with Crippen LogP contribution in [0.15, 0.2) is 0 Å². The van der Waals surface area contributed by atoms with Gasteiger partial charge in [-0.25, -0.2) is 0 Å². The normalized spacial score (nSPS) is 26.1. The SMILES string of the molecule is CCC1CN(C(=O)CC(C)(C)C)C(CC)CN1. The first kappa shape index (κ1) is 14.5. The van der Waals surface area contributed by atoms with Crippen LogP contribution in [0.5, 0.6) is 0 Å². The summed E-state index contributed by atoms with van der Waals surface area (Å²) in [6.07, 6.45) is 2.79. The van der Waals surface area contributed by atoms with Crippen molar-refractivity contribution in [2.24, 2.45) is 5.41 Å². The molecule has 1 rings (SSSR count). The third-order valence-corrected chi connectivity index (χ3v) is 3.47. The van der Waals surface area contributed by atoms with Crippen LogP contribution in [0, 0.1) is 5.41 Å². The number of carbonyl (C=O) groups excluding carboxylic acids is 1. The lowest BCUT2D eigenvalue weighted by Gasteiger charge is -2.41. The van der Waals surface area contributed by atoms with Crippen LogP contribution in [0.25, 0.3) is 0 Å². The van der Waals surface area contributed by atoms with E-state index in [2.05, 4.69) is 44.8 Å². The van der Waals surface area contributed by atoms with E-state index in [0.717, 1.165) is 25.9 Å². The Morgan fingerprint density at radius 3 is 2.41 bits per heavy atom. The van der Waals surface area contributed by atoms with Crippen LogP contribution in [0.2, 0.25) is 0 Å². The van der Waals surface area contributed by atoms with Gasteiger partial charge in [-0.05, 0) is 18.3 Å². The molecule has 0 radical (unpaired) electrons. The van der Waals surface area contributed by atoms with Gasteiger partial charge < -0.3 is 10.2 Å². The van der Waals surface area contributed by atoms with Crippen LogP contribution in [0.3, 0.4) is 0 Å². The van der Waals surface area contributed by atoms with E-state index in [0.29, 0.717) is 24.4 Å². The van der Waals surface area contributed by atoms with Crippen molar-refractivity contribution in [2.75, 3.05) is 13.1 Å². The minimum atomic E-state index is 0.0853. The topological polar surface area (TPSA) is 32.3 Å². The molecular weight excluding hydrogens is 212 g/mol. The molecule has 0 bridgehead atoms. The van der Waals surface area contributed by atoms with E-state index in [-0.39, 0.29) is 5.41 Å². The molecule has 1 aliphatic heterocycles. The molecule has 17 heavy (non-hydrogen) atoms. The van der Waals surface area contributed by atoms with Gasteiger partial charge in [-0.2, -0.15) is 0 Å². The van der Waals surface area contributed by atoms with Crippen molar-refractivity contribution < 1.29 is 4.79 Å². The number of hydrogen-bond donors (Lipinski definition) is 1. The maximum atomic E-state index is 12.3. The summed E-state index contributed by atoms with van der Waals surface area (Å²) in [7, 11) is 0. The molecule has 0 aromatic carbocycles. The first-order valence-electron chi connectivity index (χ1n) is 6.90. The highest BCUT2D eigenvalue weighted by Gasteiger charge is 2.31. The Bertz CT molecular complexity index is 257. The highest BCUT2D eigenvalue weighted by Crippen LogP contribution is 2.22. The summed E-state index contributed by atoms with van der Waals surface area (Å²) in [6, 6.07) is 0.856. The summed E-state index contributed by atoms with van der Waals surface area (Å²) in [6.45, 7) is 12.6. The molecular formula is C14H28N2O. The molecule has 1 N–H and O–H groups in total. The molecule has 1 heterocycles. The molecule has 0 saturated carbocycles. The van der Waals surface area contributed by atoms with Crippen LogP contribution >= 0.6 is 0 Å². The molecule has 2 atom stereocenters. The third-order valence-electron chi connectivity index (χ3n) is 3.47. The first-order valence-corrected chi connectivity index (χ1v) is 6.90. The van der Waals surface area contributed by atoms with Gasteiger partial charge >= 0.3 is 0 Å². The quantitative estimate of drug-likeness (QED) is 0.821. The van der Waals surface area contributed by atoms with Crippen molar-refractivity contribution in [1.82, 2.24) is 10.2 Å². The van der Waals surface area contributed by atoms with Crippen LogP contribution in [-0.4, -0.2) is 36.0 Å². The fourth-order valence-electron chi connectivity index (χ4n) is 2.36. The van der Waals surface area contributed by atoms with E-state index in [9.17, 15) is 4.79 Å². The Balaban J connectivity index is 2.66. The zero-order valence-corrected chi connectivity index (χ0v) is 12.0. The van der Waals surface area contributed by atoms with E-state index in [4.69, 9.17) is 0 Å². The molecule has 0 aliphatic carbocycles. The number of amides is 1. The summed E-state index contributed by atoms with van der Waals surface area (Å²) in [5.74, 6) is 0.323. The third kappa shape index (κ3) is 4.30. The van der Waals surface area contributed by atoms with Gasteiger partial charge in [0.25, 0.3) is 0 Å². The average Bonchev–Trinajstić information content (AvgIpc) is 2.25. The molecule has 0 aromatic rings. The van der Waals surface area contributed by atoms with Gasteiger partial charge in [-0.15, -0.1) is 0 Å². The van der Waals surface area contributed by atoms with Gasteiger partial charge in [0.15, 0.2) is 0 Å². The second-order valence-electron chi connectivity index (χ2n) is 6.36. The van der Waals surface area contributed by atoms with Gasteiger partial charge in [-0.3, -0.25) is 4.79 Å². The highest BCUT2D eigenvalue weighted by molar-refractivity contribution is 5.77. The second kappa shape index (κ2) is 5.85. The molecule has 2 unspecified atom stereocenters. The Kier molecular flexibility index (Phi) is 4.99. The van der Waals surface area contributed by atoms with Crippen molar-refractivity contribution in [3.05, 3.63) is 0 Å². The molecule has 3 nitrogen and oxygen atoms in total. The predicted octanol–water partition coefficient (Wildman–Crippen LogP) is 2.41. The predicted molar refractivity (Wildman–Crippen MR) is 71.9 cm³/mol. The molecule has 100 valence electrons. The summed E-state index contributed by atoms with van der Waals surface area (Å²) < 4.78 is 0. The summed E-state index contributed by atoms with van der Waals surface area (Å²) >= 11 is 0. The first-order chi connectivity index (χ1) is 7.87. The van der Waals surface area contributed by atoms with Gasteiger partial charge in [0.05, 0.1) is 0 Å². The maximum absolute atomic E-state index is 12.3. The van der Waals surface area contributed by atoms with E-state index in [1.807, 2.05) is 0 Å². The molecule has 3 heteroatoms. The zero-order chi connectivity index (χ0) is 13.1. The molecule has 1 saturated heterocycles. The van der Waals surface area contributed by atoms with Crippen molar-refractivity contribution in [1.29, 1.82) is 0 Å². The standard InChI is InChI=1S/C14H28N2O/c1-6-11-10-16(12(7-2)9-15-11)13(17)8-14(3,4)5/h11-12,15H,6-10H2,1-5H3. The van der Waals surface area contributed by atoms with Gasteiger partial charge in [0.2, 0.25) is 5.91 Å². The summed E-state index contributed by atoms with van der Waals surface area (Å²) in [5.41, 5.74) is 0.0853. The largest absolute Gasteiger partial charge is 0.337 e. The molecule has 1 amide bonds. The number of piperazine rings is 1. The van der Waals surface area contributed by atoms with Gasteiger partial charge in [0.1, 0.15) is 0 Å². The Morgan fingerprint density at radius 2 is 1.94 bits per heavy atom. The fourth-order valence-corrected chi connectivity index (χ4v) is 2.36. The summed E-state index contributed by atoms with van der Waals surface area (Å²) in [4.78, 5) is 14.4. The average molecular weight is 240 g/mol. The number of rotatable bonds is 3. The number of nitrogens with one attached hydrogen (secondary N) is 1. The molecule has 1 fully saturated rings. The van der Waals surface area contributed by atoms with Crippen molar-refractivity contribution >= 4 is 5.91 Å². The van der Waals surface area contributed by atoms with Crippen LogP contribution in [-0.2, 0) is 4.79 Å². The Hall–Kier alpha value is -0.570. The molecule has 0 spiro atoms. The lowest BCUT2D eigenvalue weighted by molar-refractivity contribution is -0.137. The molecule has 1 aliphatic rings. The highest BCUT2D eigenvalue weighted by atomic mass is 16.2. The lowest BCUT2D eigenvalue weighted by Crippen LogP contribution is -2.58. The monoisotopic (exact) mass is 240 g/mol. The minimum Gasteiger partial charge on any atom is -0.337 e. The molecule has 0 aromatic heterocycles. The van der Waals surface area contributed by atoms with E-state index in [1.54, 1.807) is 0 Å². The summed E-state index contributed by atoms with van der Waals surface area (Å²) in [5, 5.41) is 3.52. The Labute approximate surface area is 106 Å². The van der Waals surface area contributed by atoms with Crippen LogP contribution in [0.1, 0.15) is 53.9 Å². The van der Waals surface area contributed by atoms with E-state index >= 15 is 0 Å². The van der Waals surface area contributed by atoms with E-state index < -0.39 is 0 Å². The van der Waals surface area contributed by atoms with Gasteiger partial charge in [0, 0.05) is 31.6 Å². The van der Waals surface area contributed by atoms with Gasteiger partial charge in [-0.1, -0.05) is 34.6 Å². The number of carbonyl (C=O) groups is 1. The second-order valence-corrected chi connectivity index (χ2v) is 6.36. The smallest absolute Gasteiger partial charge is 0.223 e. The minimum absolute atomic E-state index is 0.0853. The zero-order valence-electron chi connectivity index (χ0n) is 12.0. The van der Waals surface area contributed by atoms with Crippen LogP contribution < -0.4 is 5.32 Å². The van der Waals surface area contributed by atoms with Crippen LogP contribution in [0.4, 0.5) is 0 Å². The maximum Gasteiger partial charge on any atom is 0.223 e. The van der Waals surface area contributed by atoms with Crippen molar-refractivity contribution in [2.45, 2.75) is 66.0 Å². The number of hydrogen-bond acceptors (Lipinski definition) is 2. The lowest BCUT2D eigenvalue weighted by atomic mass is 9.90.